The van der Waals surface area contributed by atoms with Crippen LogP contribution in [-0.2, 0) is 14.1 Å². The van der Waals surface area contributed by atoms with Gasteiger partial charge in [0.25, 0.3) is 5.95 Å². The topological polar surface area (TPSA) is 79.2 Å². The molecule has 8 nitrogen and oxygen atoms in total. The molecule has 0 saturated carbocycles. The van der Waals surface area contributed by atoms with Crippen LogP contribution in [0.4, 0.5) is 4.39 Å². The molecule has 9 heteroatoms. The van der Waals surface area contributed by atoms with E-state index in [1.165, 1.54) is 20.0 Å². The molecule has 0 unspecified atom stereocenters. The molecule has 0 radical (unpaired) electrons. The maximum absolute atomic E-state index is 14.6. The Morgan fingerprint density at radius 3 is 2.66 bits per heavy atom. The third-order valence-corrected chi connectivity index (χ3v) is 5.28. The highest BCUT2D eigenvalue weighted by Crippen LogP contribution is 2.34. The Hall–Kier alpha value is -4.01. The van der Waals surface area contributed by atoms with Crippen LogP contribution in [0.25, 0.3) is 33.2 Å². The first kappa shape index (κ1) is 21.2. The molecule has 0 spiro atoms. The van der Waals surface area contributed by atoms with E-state index in [9.17, 15) is 9.18 Å². The van der Waals surface area contributed by atoms with Crippen molar-refractivity contribution in [3.8, 4) is 11.4 Å². The molecule has 0 amide bonds. The van der Waals surface area contributed by atoms with Crippen LogP contribution in [0.1, 0.15) is 19.4 Å². The number of nitrogens with zero attached hydrogens (tertiary/aromatic N) is 6. The number of rotatable bonds is 5. The van der Waals surface area contributed by atoms with Crippen LogP contribution in [0, 0.1) is 5.95 Å². The molecule has 164 valence electrons. The van der Waals surface area contributed by atoms with Crippen molar-refractivity contribution in [3.05, 3.63) is 64.9 Å². The first-order valence-electron chi connectivity index (χ1n) is 10.00. The van der Waals surface area contributed by atoms with Gasteiger partial charge in [-0.3, -0.25) is 23.8 Å². The van der Waals surface area contributed by atoms with Crippen LogP contribution in [0.15, 0.2) is 52.7 Å². The zero-order valence-corrected chi connectivity index (χ0v) is 18.5. The lowest BCUT2D eigenvalue weighted by molar-refractivity contribution is 0.414. The van der Waals surface area contributed by atoms with E-state index in [0.717, 1.165) is 11.1 Å². The van der Waals surface area contributed by atoms with Gasteiger partial charge in [-0.1, -0.05) is 12.2 Å². The molecule has 4 aromatic rings. The maximum Gasteiger partial charge on any atom is 0.333 e. The average molecular weight is 434 g/mol. The number of aliphatic imine (C=N–C) groups is 1. The number of pyridine rings is 1. The number of methoxy groups -OCH3 is 1. The number of hydrogen-bond donors (Lipinski definition) is 0. The Bertz CT molecular complexity index is 1490. The summed E-state index contributed by atoms with van der Waals surface area (Å²) in [6, 6.07) is 3.70. The Morgan fingerprint density at radius 1 is 1.25 bits per heavy atom. The third kappa shape index (κ3) is 3.31. The summed E-state index contributed by atoms with van der Waals surface area (Å²) in [6.07, 6.45) is 10.3. The van der Waals surface area contributed by atoms with Crippen LogP contribution in [0.3, 0.4) is 0 Å². The molecule has 3 heterocycles. The summed E-state index contributed by atoms with van der Waals surface area (Å²) >= 11 is 0. The van der Waals surface area contributed by atoms with Gasteiger partial charge < -0.3 is 4.74 Å². The smallest absolute Gasteiger partial charge is 0.333 e. The number of benzene rings is 1. The fourth-order valence-corrected chi connectivity index (χ4v) is 3.75. The third-order valence-electron chi connectivity index (χ3n) is 5.28. The van der Waals surface area contributed by atoms with E-state index in [-0.39, 0.29) is 11.4 Å². The van der Waals surface area contributed by atoms with Crippen LogP contribution in [-0.4, -0.2) is 37.2 Å². The number of imidazole rings is 1. The van der Waals surface area contributed by atoms with Gasteiger partial charge in [-0.15, -0.1) is 5.10 Å². The first-order valence-corrected chi connectivity index (χ1v) is 10.00. The summed E-state index contributed by atoms with van der Waals surface area (Å²) in [6.45, 7) is 3.79. The summed E-state index contributed by atoms with van der Waals surface area (Å²) in [4.78, 5) is 21.9. The highest BCUT2D eigenvalue weighted by atomic mass is 19.1. The minimum Gasteiger partial charge on any atom is -0.496 e. The number of fused-ring (bicyclic) bond motifs is 3. The maximum atomic E-state index is 14.6. The molecule has 0 bridgehead atoms. The summed E-state index contributed by atoms with van der Waals surface area (Å²) in [5, 5.41) is 4.44. The normalized spacial score (nSPS) is 12.8. The van der Waals surface area contributed by atoms with Crippen molar-refractivity contribution in [2.75, 3.05) is 7.11 Å². The van der Waals surface area contributed by atoms with E-state index in [0.29, 0.717) is 27.7 Å². The van der Waals surface area contributed by atoms with E-state index in [1.54, 1.807) is 45.9 Å². The van der Waals surface area contributed by atoms with Crippen molar-refractivity contribution in [2.24, 2.45) is 19.1 Å². The molecule has 0 atom stereocenters. The largest absolute Gasteiger partial charge is 0.496 e. The fourth-order valence-electron chi connectivity index (χ4n) is 3.75. The minimum atomic E-state index is -0.728. The van der Waals surface area contributed by atoms with E-state index in [2.05, 4.69) is 15.1 Å². The molecule has 3 aromatic heterocycles. The van der Waals surface area contributed by atoms with E-state index in [4.69, 9.17) is 4.74 Å². The highest BCUT2D eigenvalue weighted by molar-refractivity contribution is 6.14. The zero-order valence-electron chi connectivity index (χ0n) is 18.5. The van der Waals surface area contributed by atoms with E-state index in [1.807, 2.05) is 32.1 Å². The molecular weight excluding hydrogens is 411 g/mol. The van der Waals surface area contributed by atoms with Crippen LogP contribution < -0.4 is 10.4 Å². The predicted molar refractivity (Wildman–Crippen MR) is 124 cm³/mol. The average Bonchev–Trinajstić information content (AvgIpc) is 3.25. The zero-order chi connectivity index (χ0) is 23.0. The van der Waals surface area contributed by atoms with Crippen molar-refractivity contribution in [1.82, 2.24) is 23.9 Å². The van der Waals surface area contributed by atoms with Gasteiger partial charge in [0, 0.05) is 43.5 Å². The summed E-state index contributed by atoms with van der Waals surface area (Å²) in [5.41, 5.74) is 3.03. The lowest BCUT2D eigenvalue weighted by Crippen LogP contribution is -2.21. The molecule has 0 N–H and O–H groups in total. The van der Waals surface area contributed by atoms with Gasteiger partial charge >= 0.3 is 5.69 Å². The van der Waals surface area contributed by atoms with Gasteiger partial charge in [-0.05, 0) is 25.5 Å². The number of halogens is 1. The minimum absolute atomic E-state index is 0.0777. The molecule has 0 aliphatic heterocycles. The van der Waals surface area contributed by atoms with Gasteiger partial charge in [0.1, 0.15) is 11.4 Å². The van der Waals surface area contributed by atoms with Crippen LogP contribution in [0.2, 0.25) is 0 Å². The molecule has 4 rings (SSSR count). The van der Waals surface area contributed by atoms with Crippen molar-refractivity contribution in [2.45, 2.75) is 13.8 Å². The summed E-state index contributed by atoms with van der Waals surface area (Å²) in [5.74, 6) is -0.116. The summed E-state index contributed by atoms with van der Waals surface area (Å²) < 4.78 is 24.3. The van der Waals surface area contributed by atoms with Gasteiger partial charge in [0.2, 0.25) is 0 Å². The van der Waals surface area contributed by atoms with Gasteiger partial charge in [0.05, 0.1) is 36.1 Å². The Balaban J connectivity index is 2.12. The number of ether oxygens (including phenoxy) is 1. The quantitative estimate of drug-likeness (QED) is 0.448. The lowest BCUT2D eigenvalue weighted by Gasteiger charge is -2.12. The molecule has 0 saturated heterocycles. The number of hydrogen-bond acceptors (Lipinski definition) is 5. The second-order valence-electron chi connectivity index (χ2n) is 7.22. The van der Waals surface area contributed by atoms with Crippen molar-refractivity contribution in [3.63, 3.8) is 0 Å². The number of aromatic nitrogens is 5. The van der Waals surface area contributed by atoms with Crippen molar-refractivity contribution in [1.29, 1.82) is 0 Å². The standard InChI is InChI=1S/C23H23FN6O2/c1-6-8-25-11-14(7-2)15-9-16-17(10-20(15)32-5)26-12-18-21(16)30(23(31)29(18)4)19-13-28(3)27-22(19)24/h6-13H,1-5H3/b8-6+,14-7+,25-11-. The van der Waals surface area contributed by atoms with Crippen LogP contribution >= 0.6 is 0 Å². The second kappa shape index (κ2) is 8.26. The lowest BCUT2D eigenvalue weighted by atomic mass is 10.0. The number of aryl methyl sites for hydroxylation is 2. The summed E-state index contributed by atoms with van der Waals surface area (Å²) in [7, 11) is 4.82. The Kier molecular flexibility index (Phi) is 5.48. The molecular formula is C23H23FN6O2. The Labute approximate surface area is 183 Å². The van der Waals surface area contributed by atoms with E-state index < -0.39 is 5.95 Å². The fraction of sp³-hybridized carbons (Fsp3) is 0.217. The van der Waals surface area contributed by atoms with Gasteiger partial charge in [-0.2, -0.15) is 4.39 Å². The first-order chi connectivity index (χ1) is 15.4. The second-order valence-corrected chi connectivity index (χ2v) is 7.22. The molecule has 0 fully saturated rings. The molecule has 32 heavy (non-hydrogen) atoms. The molecule has 0 aliphatic carbocycles. The highest BCUT2D eigenvalue weighted by Gasteiger charge is 2.21. The predicted octanol–water partition coefficient (Wildman–Crippen LogP) is 3.77. The van der Waals surface area contributed by atoms with E-state index >= 15 is 0 Å². The van der Waals surface area contributed by atoms with Gasteiger partial charge in [0.15, 0.2) is 0 Å². The monoisotopic (exact) mass is 434 g/mol. The number of allylic oxidation sites excluding steroid dienone is 3. The van der Waals surface area contributed by atoms with Crippen molar-refractivity contribution >= 4 is 33.7 Å². The van der Waals surface area contributed by atoms with Gasteiger partial charge in [-0.25, -0.2) is 4.79 Å². The molecule has 1 aromatic carbocycles. The van der Waals surface area contributed by atoms with Crippen molar-refractivity contribution < 1.29 is 9.13 Å². The SMILES string of the molecule is C\C=C(/C=N\C=C\C)c1cc2c(cc1OC)ncc1c2n(-c2cn(C)nc2F)c(=O)n1C. The molecule has 0 aliphatic rings. The Morgan fingerprint density at radius 2 is 2.03 bits per heavy atom. The van der Waals surface area contributed by atoms with Crippen LogP contribution in [0.5, 0.6) is 5.75 Å².